The predicted molar refractivity (Wildman–Crippen MR) is 81.0 cm³/mol. The molecule has 21 heavy (non-hydrogen) atoms. The van der Waals surface area contributed by atoms with Crippen LogP contribution in [0.3, 0.4) is 0 Å². The van der Waals surface area contributed by atoms with Crippen molar-refractivity contribution in [2.45, 2.75) is 6.42 Å². The third-order valence-electron chi connectivity index (χ3n) is 2.66. The van der Waals surface area contributed by atoms with Crippen molar-refractivity contribution < 1.29 is 14.7 Å². The topological polar surface area (TPSA) is 105 Å². The number of anilines is 1. The molecule has 6 nitrogen and oxygen atoms in total. The van der Waals surface area contributed by atoms with Crippen LogP contribution >= 0.6 is 22.9 Å². The number of rotatable bonds is 5. The van der Waals surface area contributed by atoms with E-state index < -0.39 is 5.97 Å². The third-order valence-corrected chi connectivity index (χ3v) is 3.89. The van der Waals surface area contributed by atoms with Crippen molar-refractivity contribution in [2.75, 3.05) is 12.3 Å². The number of carbonyl (C=O) groups excluding carboxylic acids is 1. The number of halogens is 1. The standard InChI is InChI=1S/C13H12ClN3O3S/c14-8-5-7(1-2-9(8)15)12(18)16-4-3-11-17-10(6-21-11)13(19)20/h1-2,5-6H,3-4,15H2,(H,16,18)(H,19,20). The van der Waals surface area contributed by atoms with Gasteiger partial charge >= 0.3 is 5.97 Å². The molecule has 1 amide bonds. The SMILES string of the molecule is Nc1ccc(C(=O)NCCc2nc(C(=O)O)cs2)cc1Cl. The fourth-order valence-corrected chi connectivity index (χ4v) is 2.53. The van der Waals surface area contributed by atoms with Gasteiger partial charge in [0.2, 0.25) is 0 Å². The van der Waals surface area contributed by atoms with Crippen molar-refractivity contribution in [3.05, 3.63) is 44.9 Å². The Morgan fingerprint density at radius 1 is 1.43 bits per heavy atom. The molecule has 4 N–H and O–H groups in total. The molecule has 0 radical (unpaired) electrons. The van der Waals surface area contributed by atoms with Gasteiger partial charge in [-0.15, -0.1) is 11.3 Å². The molecule has 0 atom stereocenters. The Balaban J connectivity index is 1.88. The number of amides is 1. The molecule has 0 fully saturated rings. The molecule has 1 heterocycles. The highest BCUT2D eigenvalue weighted by Gasteiger charge is 2.10. The van der Waals surface area contributed by atoms with E-state index in [1.165, 1.54) is 22.8 Å². The van der Waals surface area contributed by atoms with Gasteiger partial charge in [-0.05, 0) is 18.2 Å². The molecule has 1 aromatic carbocycles. The zero-order valence-corrected chi connectivity index (χ0v) is 12.4. The lowest BCUT2D eigenvalue weighted by Crippen LogP contribution is -2.25. The van der Waals surface area contributed by atoms with E-state index >= 15 is 0 Å². The minimum Gasteiger partial charge on any atom is -0.476 e. The molecule has 0 aliphatic rings. The van der Waals surface area contributed by atoms with E-state index in [-0.39, 0.29) is 11.6 Å². The normalized spacial score (nSPS) is 10.3. The van der Waals surface area contributed by atoms with Crippen LogP contribution in [0.1, 0.15) is 25.9 Å². The summed E-state index contributed by atoms with van der Waals surface area (Å²) >= 11 is 7.10. The van der Waals surface area contributed by atoms with Gasteiger partial charge in [-0.2, -0.15) is 0 Å². The van der Waals surface area contributed by atoms with Gasteiger partial charge in [0, 0.05) is 23.9 Å². The lowest BCUT2D eigenvalue weighted by Gasteiger charge is -2.05. The first-order valence-electron chi connectivity index (χ1n) is 5.98. The number of carboxylic acid groups (broad SMARTS) is 1. The number of nitrogens with one attached hydrogen (secondary N) is 1. The van der Waals surface area contributed by atoms with Gasteiger partial charge in [0.25, 0.3) is 5.91 Å². The van der Waals surface area contributed by atoms with Crippen LogP contribution in [-0.4, -0.2) is 28.5 Å². The second-order valence-corrected chi connectivity index (χ2v) is 5.52. The Labute approximate surface area is 129 Å². The van der Waals surface area contributed by atoms with E-state index in [2.05, 4.69) is 10.3 Å². The molecule has 0 saturated carbocycles. The van der Waals surface area contributed by atoms with Crippen LogP contribution in [0.5, 0.6) is 0 Å². The zero-order chi connectivity index (χ0) is 15.4. The van der Waals surface area contributed by atoms with Crippen molar-refractivity contribution >= 4 is 40.5 Å². The molecule has 2 rings (SSSR count). The van der Waals surface area contributed by atoms with E-state index in [4.69, 9.17) is 22.4 Å². The van der Waals surface area contributed by atoms with E-state index in [1.54, 1.807) is 12.1 Å². The number of carboxylic acids is 1. The van der Waals surface area contributed by atoms with E-state index in [0.717, 1.165) is 0 Å². The van der Waals surface area contributed by atoms with Crippen LogP contribution in [0, 0.1) is 0 Å². The first kappa shape index (κ1) is 15.3. The molecule has 8 heteroatoms. The second kappa shape index (κ2) is 6.55. The monoisotopic (exact) mass is 325 g/mol. The maximum Gasteiger partial charge on any atom is 0.355 e. The maximum atomic E-state index is 11.9. The van der Waals surface area contributed by atoms with E-state index in [9.17, 15) is 9.59 Å². The van der Waals surface area contributed by atoms with Gasteiger partial charge in [0.05, 0.1) is 15.7 Å². The Morgan fingerprint density at radius 2 is 2.19 bits per heavy atom. The fraction of sp³-hybridized carbons (Fsp3) is 0.154. The molecule has 0 saturated heterocycles. The van der Waals surface area contributed by atoms with Crippen LogP contribution in [0.25, 0.3) is 0 Å². The number of carbonyl (C=O) groups is 2. The number of thiazole rings is 1. The van der Waals surface area contributed by atoms with Crippen LogP contribution in [0.4, 0.5) is 5.69 Å². The average molecular weight is 326 g/mol. The van der Waals surface area contributed by atoms with Crippen LogP contribution < -0.4 is 11.1 Å². The summed E-state index contributed by atoms with van der Waals surface area (Å²) in [6.45, 7) is 0.355. The van der Waals surface area contributed by atoms with Crippen molar-refractivity contribution in [3.63, 3.8) is 0 Å². The smallest absolute Gasteiger partial charge is 0.355 e. The van der Waals surface area contributed by atoms with E-state index in [0.29, 0.717) is 34.2 Å². The van der Waals surface area contributed by atoms with Gasteiger partial charge in [-0.3, -0.25) is 4.79 Å². The van der Waals surface area contributed by atoms with Crippen LogP contribution in [0.2, 0.25) is 5.02 Å². The molecule has 0 aliphatic heterocycles. The highest BCUT2D eigenvalue weighted by atomic mass is 35.5. The van der Waals surface area contributed by atoms with Crippen molar-refractivity contribution in [1.29, 1.82) is 0 Å². The maximum absolute atomic E-state index is 11.9. The van der Waals surface area contributed by atoms with Gasteiger partial charge < -0.3 is 16.2 Å². The molecule has 110 valence electrons. The lowest BCUT2D eigenvalue weighted by molar-refractivity contribution is 0.0690. The average Bonchev–Trinajstić information content (AvgIpc) is 2.91. The van der Waals surface area contributed by atoms with Gasteiger partial charge in [0.15, 0.2) is 5.69 Å². The zero-order valence-electron chi connectivity index (χ0n) is 10.8. The second-order valence-electron chi connectivity index (χ2n) is 4.17. The summed E-state index contributed by atoms with van der Waals surface area (Å²) in [5.74, 6) is -1.33. The number of nitrogens with two attached hydrogens (primary N) is 1. The highest BCUT2D eigenvalue weighted by Crippen LogP contribution is 2.19. The lowest BCUT2D eigenvalue weighted by atomic mass is 10.2. The number of aromatic carboxylic acids is 1. The van der Waals surface area contributed by atoms with Crippen molar-refractivity contribution in [2.24, 2.45) is 0 Å². The van der Waals surface area contributed by atoms with Crippen molar-refractivity contribution in [1.82, 2.24) is 10.3 Å². The summed E-state index contributed by atoms with van der Waals surface area (Å²) in [6.07, 6.45) is 0.465. The quantitative estimate of drug-likeness (QED) is 0.730. The molecular weight excluding hydrogens is 314 g/mol. The van der Waals surface area contributed by atoms with Gasteiger partial charge in [-0.1, -0.05) is 11.6 Å². The van der Waals surface area contributed by atoms with E-state index in [1.807, 2.05) is 0 Å². The number of hydrogen-bond acceptors (Lipinski definition) is 5. The summed E-state index contributed by atoms with van der Waals surface area (Å²) in [7, 11) is 0. The third kappa shape index (κ3) is 3.93. The minimum absolute atomic E-state index is 0.0200. The predicted octanol–water partition coefficient (Wildman–Crippen LogP) is 2.05. The highest BCUT2D eigenvalue weighted by molar-refractivity contribution is 7.09. The molecule has 1 aromatic heterocycles. The molecule has 0 aliphatic carbocycles. The van der Waals surface area contributed by atoms with Gasteiger partial charge in [0.1, 0.15) is 0 Å². The molecule has 0 unspecified atom stereocenters. The molecule has 0 spiro atoms. The summed E-state index contributed by atoms with van der Waals surface area (Å²) in [4.78, 5) is 26.5. The minimum atomic E-state index is -1.06. The van der Waals surface area contributed by atoms with Crippen LogP contribution in [-0.2, 0) is 6.42 Å². The Morgan fingerprint density at radius 3 is 2.81 bits per heavy atom. The number of nitrogens with zero attached hydrogens (tertiary/aromatic N) is 1. The fourth-order valence-electron chi connectivity index (χ4n) is 1.58. The number of hydrogen-bond donors (Lipinski definition) is 3. The Hall–Kier alpha value is -2.12. The summed E-state index contributed by atoms with van der Waals surface area (Å²) in [5.41, 5.74) is 6.42. The number of aromatic nitrogens is 1. The molecule has 0 bridgehead atoms. The summed E-state index contributed by atoms with van der Waals surface area (Å²) in [5, 5.41) is 13.9. The Bertz CT molecular complexity index is 687. The summed E-state index contributed by atoms with van der Waals surface area (Å²) in [6, 6.07) is 4.65. The van der Waals surface area contributed by atoms with Gasteiger partial charge in [-0.25, -0.2) is 9.78 Å². The Kier molecular flexibility index (Phi) is 4.77. The van der Waals surface area contributed by atoms with Crippen LogP contribution in [0.15, 0.2) is 23.6 Å². The first-order chi connectivity index (χ1) is 9.97. The molecule has 2 aromatic rings. The summed E-state index contributed by atoms with van der Waals surface area (Å²) < 4.78 is 0. The largest absolute Gasteiger partial charge is 0.476 e. The number of benzene rings is 1. The molecular formula is C13H12ClN3O3S. The van der Waals surface area contributed by atoms with Crippen molar-refractivity contribution in [3.8, 4) is 0 Å². The first-order valence-corrected chi connectivity index (χ1v) is 7.24. The number of nitrogen functional groups attached to an aromatic ring is 1.